The molecule has 5 nitrogen and oxygen atoms in total. The molecule has 5 rings (SSSR count). The van der Waals surface area contributed by atoms with Crippen LogP contribution < -0.4 is 14.4 Å². The summed E-state index contributed by atoms with van der Waals surface area (Å²) in [5.41, 5.74) is 2.77. The minimum atomic E-state index is 0.174. The molecule has 0 amide bonds. The first-order chi connectivity index (χ1) is 14.2. The van der Waals surface area contributed by atoms with Crippen LogP contribution >= 0.6 is 23.4 Å². The van der Waals surface area contributed by atoms with Crippen LogP contribution in [0, 0.1) is 0 Å². The first-order valence-corrected chi connectivity index (χ1v) is 10.1. The second-order valence-electron chi connectivity index (χ2n) is 6.41. The number of nitrogens with zero attached hydrogens (tertiary/aromatic N) is 3. The number of aromatic nitrogens is 2. The number of fused-ring (bicyclic) bond motifs is 3. The van der Waals surface area contributed by atoms with Crippen LogP contribution in [0.15, 0.2) is 70.5 Å². The van der Waals surface area contributed by atoms with E-state index in [1.807, 2.05) is 36.4 Å². The van der Waals surface area contributed by atoms with Crippen LogP contribution in [0.25, 0.3) is 10.9 Å². The highest BCUT2D eigenvalue weighted by atomic mass is 35.5. The predicted molar refractivity (Wildman–Crippen MR) is 116 cm³/mol. The number of halogens is 1. The topological polar surface area (TPSA) is 47.5 Å². The lowest BCUT2D eigenvalue weighted by Gasteiger charge is -2.32. The van der Waals surface area contributed by atoms with E-state index >= 15 is 0 Å². The first kappa shape index (κ1) is 18.1. The largest absolute Gasteiger partial charge is 0.493 e. The molecule has 1 aromatic heterocycles. The van der Waals surface area contributed by atoms with E-state index in [9.17, 15) is 0 Å². The predicted octanol–water partition coefficient (Wildman–Crippen LogP) is 6.23. The molecular formula is C22H16ClN3O2S. The summed E-state index contributed by atoms with van der Waals surface area (Å²) in [6.45, 7) is 0. The molecule has 0 radical (unpaired) electrons. The van der Waals surface area contributed by atoms with E-state index in [0.717, 1.165) is 26.6 Å². The highest BCUT2D eigenvalue weighted by molar-refractivity contribution is 7.99. The fourth-order valence-corrected chi connectivity index (χ4v) is 4.74. The standard InChI is InChI=1S/C22H16ClN3O2S/c1-27-17-11-13-14(12-18(17)28-2)24-22(23)25-21(13)26-15-7-3-5-9-19(15)29-20-10-6-4-8-16(20)26/h3-12H,1-2H3. The normalized spacial score (nSPS) is 12.4. The number of ether oxygens (including phenoxy) is 2. The third kappa shape index (κ3) is 2.96. The lowest BCUT2D eigenvalue weighted by Crippen LogP contribution is -2.16. The molecule has 0 aliphatic carbocycles. The second-order valence-corrected chi connectivity index (χ2v) is 7.84. The van der Waals surface area contributed by atoms with Gasteiger partial charge in [-0.2, -0.15) is 4.98 Å². The summed E-state index contributed by atoms with van der Waals surface area (Å²) in [7, 11) is 3.21. The van der Waals surface area contributed by atoms with E-state index in [0.29, 0.717) is 22.8 Å². The fraction of sp³-hybridized carbons (Fsp3) is 0.0909. The van der Waals surface area contributed by atoms with E-state index in [1.165, 1.54) is 0 Å². The van der Waals surface area contributed by atoms with E-state index in [-0.39, 0.29) is 5.28 Å². The minimum Gasteiger partial charge on any atom is -0.493 e. The Bertz CT molecular complexity index is 1200. The molecule has 7 heteroatoms. The quantitative estimate of drug-likeness (QED) is 0.321. The SMILES string of the molecule is COc1cc2nc(Cl)nc(N3c4ccccc4Sc4ccccc43)c2cc1OC. The van der Waals surface area contributed by atoms with Crippen LogP contribution in [0.5, 0.6) is 11.5 Å². The Morgan fingerprint density at radius 3 is 2.03 bits per heavy atom. The van der Waals surface area contributed by atoms with Crippen molar-refractivity contribution in [3.8, 4) is 11.5 Å². The molecule has 0 atom stereocenters. The summed E-state index contributed by atoms with van der Waals surface area (Å²) in [4.78, 5) is 13.5. The molecule has 0 bridgehead atoms. The molecule has 0 N–H and O–H groups in total. The van der Waals surface area contributed by atoms with Gasteiger partial charge in [-0.05, 0) is 41.9 Å². The van der Waals surface area contributed by atoms with Crippen LogP contribution in [0.2, 0.25) is 5.28 Å². The van der Waals surface area contributed by atoms with Crippen molar-refractivity contribution in [2.45, 2.75) is 9.79 Å². The molecule has 29 heavy (non-hydrogen) atoms. The second kappa shape index (κ2) is 7.13. The molecule has 1 aliphatic rings. The van der Waals surface area contributed by atoms with Crippen LogP contribution in [-0.4, -0.2) is 24.2 Å². The molecule has 3 aromatic carbocycles. The van der Waals surface area contributed by atoms with Gasteiger partial charge in [0.15, 0.2) is 17.3 Å². The van der Waals surface area contributed by atoms with Crippen molar-refractivity contribution in [2.24, 2.45) is 0 Å². The van der Waals surface area contributed by atoms with Gasteiger partial charge < -0.3 is 9.47 Å². The Kier molecular flexibility index (Phi) is 4.45. The van der Waals surface area contributed by atoms with E-state index in [4.69, 9.17) is 21.1 Å². The van der Waals surface area contributed by atoms with Crippen molar-refractivity contribution < 1.29 is 9.47 Å². The third-order valence-electron chi connectivity index (χ3n) is 4.80. The fourth-order valence-electron chi connectivity index (χ4n) is 3.52. The number of methoxy groups -OCH3 is 2. The third-order valence-corrected chi connectivity index (χ3v) is 6.10. The Morgan fingerprint density at radius 1 is 0.828 bits per heavy atom. The van der Waals surface area contributed by atoms with Crippen LogP contribution in [0.1, 0.15) is 0 Å². The highest BCUT2D eigenvalue weighted by Crippen LogP contribution is 2.52. The Labute approximate surface area is 177 Å². The minimum absolute atomic E-state index is 0.174. The van der Waals surface area contributed by atoms with Crippen LogP contribution in [-0.2, 0) is 0 Å². The highest BCUT2D eigenvalue weighted by Gasteiger charge is 2.27. The number of anilines is 3. The maximum absolute atomic E-state index is 6.34. The number of hydrogen-bond acceptors (Lipinski definition) is 6. The molecule has 0 saturated heterocycles. The average Bonchev–Trinajstić information content (AvgIpc) is 2.76. The molecule has 1 aliphatic heterocycles. The van der Waals surface area contributed by atoms with Gasteiger partial charge in [0, 0.05) is 21.2 Å². The van der Waals surface area contributed by atoms with Gasteiger partial charge in [-0.25, -0.2) is 4.98 Å². The van der Waals surface area contributed by atoms with Crippen molar-refractivity contribution in [1.82, 2.24) is 9.97 Å². The van der Waals surface area contributed by atoms with Gasteiger partial charge >= 0.3 is 0 Å². The molecule has 0 fully saturated rings. The molecular weight excluding hydrogens is 406 g/mol. The Hall–Kier alpha value is -2.96. The lowest BCUT2D eigenvalue weighted by molar-refractivity contribution is 0.356. The lowest BCUT2D eigenvalue weighted by atomic mass is 10.1. The summed E-state index contributed by atoms with van der Waals surface area (Å²) < 4.78 is 11.0. The number of benzene rings is 3. The summed E-state index contributed by atoms with van der Waals surface area (Å²) in [5, 5.41) is 0.997. The van der Waals surface area contributed by atoms with Crippen molar-refractivity contribution in [1.29, 1.82) is 0 Å². The van der Waals surface area contributed by atoms with Crippen molar-refractivity contribution >= 4 is 51.5 Å². The Balaban J connectivity index is 1.84. The van der Waals surface area contributed by atoms with E-state index in [1.54, 1.807) is 26.0 Å². The van der Waals surface area contributed by atoms with Crippen LogP contribution in [0.3, 0.4) is 0 Å². The zero-order valence-electron chi connectivity index (χ0n) is 15.7. The summed E-state index contributed by atoms with van der Waals surface area (Å²) >= 11 is 8.08. The van der Waals surface area contributed by atoms with Gasteiger partial charge in [0.2, 0.25) is 5.28 Å². The van der Waals surface area contributed by atoms with Gasteiger partial charge in [0.25, 0.3) is 0 Å². The molecule has 4 aromatic rings. The number of rotatable bonds is 3. The summed E-state index contributed by atoms with van der Waals surface area (Å²) in [6, 6.07) is 20.2. The van der Waals surface area contributed by atoms with E-state index in [2.05, 4.69) is 39.1 Å². The molecule has 0 unspecified atom stereocenters. The smallest absolute Gasteiger partial charge is 0.224 e. The van der Waals surface area contributed by atoms with Gasteiger partial charge in [0.05, 0.1) is 31.1 Å². The summed E-state index contributed by atoms with van der Waals surface area (Å²) in [6.07, 6.45) is 0. The van der Waals surface area contributed by atoms with Crippen molar-refractivity contribution in [3.63, 3.8) is 0 Å². The molecule has 0 saturated carbocycles. The van der Waals surface area contributed by atoms with Gasteiger partial charge in [-0.1, -0.05) is 36.0 Å². The van der Waals surface area contributed by atoms with E-state index < -0.39 is 0 Å². The van der Waals surface area contributed by atoms with Gasteiger partial charge in [-0.3, -0.25) is 4.90 Å². The van der Waals surface area contributed by atoms with Gasteiger partial charge in [0.1, 0.15) is 0 Å². The number of hydrogen-bond donors (Lipinski definition) is 0. The zero-order valence-corrected chi connectivity index (χ0v) is 17.3. The van der Waals surface area contributed by atoms with Crippen molar-refractivity contribution in [2.75, 3.05) is 19.1 Å². The molecule has 0 spiro atoms. The molecule has 144 valence electrons. The van der Waals surface area contributed by atoms with Crippen LogP contribution in [0.4, 0.5) is 17.2 Å². The number of para-hydroxylation sites is 2. The van der Waals surface area contributed by atoms with Gasteiger partial charge in [-0.15, -0.1) is 0 Å². The average molecular weight is 422 g/mol. The first-order valence-electron chi connectivity index (χ1n) is 8.95. The molecule has 2 heterocycles. The maximum Gasteiger partial charge on any atom is 0.224 e. The monoisotopic (exact) mass is 421 g/mol. The van der Waals surface area contributed by atoms with Crippen molar-refractivity contribution in [3.05, 3.63) is 65.9 Å². The zero-order chi connectivity index (χ0) is 20.0. The summed E-state index contributed by atoms with van der Waals surface area (Å²) in [5.74, 6) is 1.90. The maximum atomic E-state index is 6.34. The Morgan fingerprint density at radius 2 is 1.41 bits per heavy atom.